The number of ether oxygens (including phenoxy) is 1. The smallest absolute Gasteiger partial charge is 0.230 e. The maximum atomic E-state index is 12.1. The second-order valence-corrected chi connectivity index (χ2v) is 7.55. The van der Waals surface area contributed by atoms with E-state index in [1.165, 1.54) is 11.8 Å². The number of hydrogen-bond acceptors (Lipinski definition) is 6. The average molecular weight is 378 g/mol. The van der Waals surface area contributed by atoms with Crippen LogP contribution in [0.4, 0.5) is 0 Å². The van der Waals surface area contributed by atoms with Gasteiger partial charge in [0.1, 0.15) is 5.76 Å². The predicted octanol–water partition coefficient (Wildman–Crippen LogP) is 3.03. The van der Waals surface area contributed by atoms with Crippen molar-refractivity contribution in [2.24, 2.45) is 0 Å². The van der Waals surface area contributed by atoms with Gasteiger partial charge in [-0.1, -0.05) is 18.7 Å². The molecule has 0 saturated carbocycles. The molecule has 0 spiro atoms. The lowest BCUT2D eigenvalue weighted by atomic mass is 10.2. The van der Waals surface area contributed by atoms with Gasteiger partial charge in [-0.05, 0) is 39.2 Å². The molecule has 7 nitrogen and oxygen atoms in total. The molecule has 1 aliphatic heterocycles. The van der Waals surface area contributed by atoms with Gasteiger partial charge in [-0.2, -0.15) is 0 Å². The minimum absolute atomic E-state index is 0.0112. The molecule has 0 radical (unpaired) electrons. The van der Waals surface area contributed by atoms with Crippen LogP contribution in [0.2, 0.25) is 0 Å². The third kappa shape index (κ3) is 4.48. The molecule has 1 N–H and O–H groups in total. The summed E-state index contributed by atoms with van der Waals surface area (Å²) in [5.74, 6) is 1.89. The van der Waals surface area contributed by atoms with Crippen molar-refractivity contribution in [3.05, 3.63) is 18.1 Å². The molecule has 0 unspecified atom stereocenters. The molecule has 26 heavy (non-hydrogen) atoms. The number of hydrogen-bond donors (Lipinski definition) is 1. The van der Waals surface area contributed by atoms with Crippen LogP contribution in [-0.4, -0.2) is 45.2 Å². The Balaban J connectivity index is 1.77. The third-order valence-corrected chi connectivity index (χ3v) is 5.55. The first-order valence-corrected chi connectivity index (χ1v) is 10.1. The Morgan fingerprint density at radius 2 is 2.35 bits per heavy atom. The predicted molar refractivity (Wildman–Crippen MR) is 100 cm³/mol. The van der Waals surface area contributed by atoms with Gasteiger partial charge in [-0.15, -0.1) is 10.2 Å². The van der Waals surface area contributed by atoms with Crippen LogP contribution >= 0.6 is 11.8 Å². The number of furan rings is 1. The molecule has 142 valence electrons. The van der Waals surface area contributed by atoms with Crippen LogP contribution in [0.1, 0.15) is 38.9 Å². The van der Waals surface area contributed by atoms with Crippen molar-refractivity contribution in [3.8, 4) is 11.4 Å². The zero-order chi connectivity index (χ0) is 18.5. The molecule has 8 heteroatoms. The molecule has 0 bridgehead atoms. The van der Waals surface area contributed by atoms with Crippen LogP contribution in [0.25, 0.3) is 11.4 Å². The van der Waals surface area contributed by atoms with Crippen LogP contribution in [-0.2, 0) is 16.1 Å². The molecular formula is C18H26N4O3S. The highest BCUT2D eigenvalue weighted by Crippen LogP contribution is 2.28. The zero-order valence-electron chi connectivity index (χ0n) is 15.5. The van der Waals surface area contributed by atoms with Crippen LogP contribution in [0, 0.1) is 6.92 Å². The number of aryl methyl sites for hydroxylation is 1. The first kappa shape index (κ1) is 19.0. The summed E-state index contributed by atoms with van der Waals surface area (Å²) in [6, 6.07) is 2.08. The number of thioether (sulfide) groups is 1. The van der Waals surface area contributed by atoms with Gasteiger partial charge in [0, 0.05) is 12.6 Å². The summed E-state index contributed by atoms with van der Waals surface area (Å²) in [7, 11) is 0. The van der Waals surface area contributed by atoms with Gasteiger partial charge in [0.15, 0.2) is 11.0 Å². The second kappa shape index (κ2) is 8.73. The molecule has 0 aliphatic carbocycles. The van der Waals surface area contributed by atoms with Gasteiger partial charge in [0.05, 0.1) is 30.2 Å². The summed E-state index contributed by atoms with van der Waals surface area (Å²) in [4.78, 5) is 12.1. The zero-order valence-corrected chi connectivity index (χ0v) is 16.3. The molecular weight excluding hydrogens is 352 g/mol. The van der Waals surface area contributed by atoms with Crippen molar-refractivity contribution in [1.29, 1.82) is 0 Å². The Kier molecular flexibility index (Phi) is 6.37. The van der Waals surface area contributed by atoms with E-state index < -0.39 is 0 Å². The van der Waals surface area contributed by atoms with E-state index in [0.29, 0.717) is 12.3 Å². The molecule has 1 saturated heterocycles. The van der Waals surface area contributed by atoms with Crippen molar-refractivity contribution >= 4 is 17.7 Å². The fourth-order valence-corrected chi connectivity index (χ4v) is 3.68. The van der Waals surface area contributed by atoms with Crippen molar-refractivity contribution < 1.29 is 13.9 Å². The summed E-state index contributed by atoms with van der Waals surface area (Å²) < 4.78 is 13.3. The Bertz CT molecular complexity index is 737. The molecule has 1 amide bonds. The van der Waals surface area contributed by atoms with Gasteiger partial charge in [-0.3, -0.25) is 9.36 Å². The maximum Gasteiger partial charge on any atom is 0.230 e. The highest BCUT2D eigenvalue weighted by molar-refractivity contribution is 7.99. The first-order valence-electron chi connectivity index (χ1n) is 9.10. The number of nitrogens with zero attached hydrogens (tertiary/aromatic N) is 3. The molecule has 1 aliphatic rings. The van der Waals surface area contributed by atoms with E-state index in [2.05, 4.69) is 27.0 Å². The third-order valence-electron chi connectivity index (χ3n) is 4.58. The normalized spacial score (nSPS) is 18.2. The van der Waals surface area contributed by atoms with Gasteiger partial charge in [-0.25, -0.2) is 0 Å². The monoisotopic (exact) mass is 378 g/mol. The van der Waals surface area contributed by atoms with Crippen molar-refractivity contribution in [3.63, 3.8) is 0 Å². The minimum Gasteiger partial charge on any atom is -0.469 e. The number of nitrogens with one attached hydrogen (secondary N) is 1. The Hall–Kier alpha value is -1.80. The standard InChI is InChI=1S/C18H26N4O3S/c1-4-12(2)19-16(23)11-26-18-21-20-17(15-7-9-24-13(15)3)22(18)10-14-6-5-8-25-14/h7,9,12,14H,4-6,8,10-11H2,1-3H3,(H,19,23)/t12-,14+/m1/s1. The van der Waals surface area contributed by atoms with Crippen LogP contribution in [0.15, 0.2) is 21.9 Å². The van der Waals surface area contributed by atoms with E-state index in [1.807, 2.05) is 19.9 Å². The topological polar surface area (TPSA) is 82.2 Å². The number of rotatable bonds is 8. The summed E-state index contributed by atoms with van der Waals surface area (Å²) >= 11 is 1.41. The largest absolute Gasteiger partial charge is 0.469 e. The van der Waals surface area contributed by atoms with Gasteiger partial charge >= 0.3 is 0 Å². The van der Waals surface area contributed by atoms with Crippen molar-refractivity contribution in [1.82, 2.24) is 20.1 Å². The van der Waals surface area contributed by atoms with Crippen molar-refractivity contribution in [2.45, 2.75) is 63.9 Å². The minimum atomic E-state index is 0.0112. The number of amides is 1. The lowest BCUT2D eigenvalue weighted by Crippen LogP contribution is -2.33. The number of carbonyl (C=O) groups excluding carboxylic acids is 1. The Labute approximate surface area is 157 Å². The maximum absolute atomic E-state index is 12.1. The van der Waals surface area contributed by atoms with E-state index in [0.717, 1.165) is 48.2 Å². The van der Waals surface area contributed by atoms with Crippen LogP contribution in [0.5, 0.6) is 0 Å². The van der Waals surface area contributed by atoms with Crippen LogP contribution < -0.4 is 5.32 Å². The summed E-state index contributed by atoms with van der Waals surface area (Å²) in [5, 5.41) is 12.4. The fraction of sp³-hybridized carbons (Fsp3) is 0.611. The lowest BCUT2D eigenvalue weighted by Gasteiger charge is -2.15. The van der Waals surface area contributed by atoms with E-state index >= 15 is 0 Å². The van der Waals surface area contributed by atoms with E-state index in [4.69, 9.17) is 9.15 Å². The highest BCUT2D eigenvalue weighted by Gasteiger charge is 2.23. The van der Waals surface area contributed by atoms with E-state index in [-0.39, 0.29) is 18.1 Å². The summed E-state index contributed by atoms with van der Waals surface area (Å²) in [5.41, 5.74) is 0.923. The quantitative estimate of drug-likeness (QED) is 0.711. The van der Waals surface area contributed by atoms with Gasteiger partial charge in [0.2, 0.25) is 5.91 Å². The Morgan fingerprint density at radius 1 is 1.50 bits per heavy atom. The fourth-order valence-electron chi connectivity index (χ4n) is 2.92. The summed E-state index contributed by atoms with van der Waals surface area (Å²) in [6.45, 7) is 7.44. The van der Waals surface area contributed by atoms with E-state index in [1.54, 1.807) is 6.26 Å². The highest BCUT2D eigenvalue weighted by atomic mass is 32.2. The first-order chi connectivity index (χ1) is 12.6. The SMILES string of the molecule is CC[C@@H](C)NC(=O)CSc1nnc(-c2ccoc2C)n1C[C@@H]1CCCO1. The summed E-state index contributed by atoms with van der Waals surface area (Å²) in [6.07, 6.45) is 4.83. The molecule has 1 fully saturated rings. The number of carbonyl (C=O) groups is 1. The molecule has 2 atom stereocenters. The molecule has 3 rings (SSSR count). The average Bonchev–Trinajstić information content (AvgIpc) is 3.35. The molecule has 2 aromatic rings. The Morgan fingerprint density at radius 3 is 3.00 bits per heavy atom. The van der Waals surface area contributed by atoms with E-state index in [9.17, 15) is 4.79 Å². The second-order valence-electron chi connectivity index (χ2n) is 6.61. The van der Waals surface area contributed by atoms with Gasteiger partial charge in [0.25, 0.3) is 0 Å². The molecule has 3 heterocycles. The van der Waals surface area contributed by atoms with Crippen LogP contribution in [0.3, 0.4) is 0 Å². The van der Waals surface area contributed by atoms with Gasteiger partial charge < -0.3 is 14.5 Å². The number of aromatic nitrogens is 3. The molecule has 0 aromatic carbocycles. The van der Waals surface area contributed by atoms with Crippen molar-refractivity contribution in [2.75, 3.05) is 12.4 Å². The molecule has 2 aromatic heterocycles. The lowest BCUT2D eigenvalue weighted by molar-refractivity contribution is -0.119.